The molecule has 3 nitrogen and oxygen atoms in total. The molecule has 0 aliphatic carbocycles. The van der Waals surface area contributed by atoms with Crippen LogP contribution in [0.2, 0.25) is 0 Å². The monoisotopic (exact) mass is 460 g/mol. The van der Waals surface area contributed by atoms with Gasteiger partial charge in [-0.25, -0.2) is 0 Å². The quantitative estimate of drug-likeness (QED) is 0.381. The number of hydrogen-bond acceptors (Lipinski definition) is 2. The predicted octanol–water partition coefficient (Wildman–Crippen LogP) is 7.31. The van der Waals surface area contributed by atoms with Crippen LogP contribution >= 0.6 is 0 Å². The lowest BCUT2D eigenvalue weighted by Crippen LogP contribution is -2.27. The van der Waals surface area contributed by atoms with E-state index in [2.05, 4.69) is 71.5 Å². The molecule has 0 spiro atoms. The molecule has 5 rings (SSSR count). The third-order valence-electron chi connectivity index (χ3n) is 8.00. The van der Waals surface area contributed by atoms with Crippen LogP contribution in [0.15, 0.2) is 54.7 Å². The van der Waals surface area contributed by atoms with Crippen LogP contribution in [0.4, 0.5) is 0 Å². The maximum Gasteiger partial charge on any atom is 0.0483 e. The van der Waals surface area contributed by atoms with Crippen molar-refractivity contribution in [1.82, 2.24) is 9.88 Å². The topological polar surface area (TPSA) is 26.2 Å². The number of piperidine rings is 1. The van der Waals surface area contributed by atoms with Gasteiger partial charge in [0.1, 0.15) is 0 Å². The molecule has 184 valence electrons. The smallest absolute Gasteiger partial charge is 0.0483 e. The van der Waals surface area contributed by atoms with Crippen LogP contribution in [0.5, 0.6) is 0 Å². The minimum atomic E-state index is 0. The highest BCUT2D eigenvalue weighted by Gasteiger charge is 2.23. The molecule has 1 atom stereocenters. The van der Waals surface area contributed by atoms with Crippen LogP contribution in [0.3, 0.4) is 0 Å². The zero-order valence-corrected chi connectivity index (χ0v) is 20.3. The summed E-state index contributed by atoms with van der Waals surface area (Å²) in [6.07, 6.45) is 11.5. The van der Waals surface area contributed by atoms with E-state index in [0.29, 0.717) is 5.92 Å². The van der Waals surface area contributed by atoms with Gasteiger partial charge in [-0.1, -0.05) is 68.3 Å². The summed E-state index contributed by atoms with van der Waals surface area (Å²) in [5.41, 5.74) is 5.76. The highest BCUT2D eigenvalue weighted by atomic mass is 16.5. The van der Waals surface area contributed by atoms with Gasteiger partial charge in [-0.15, -0.1) is 0 Å². The first-order chi connectivity index (χ1) is 16.3. The molecule has 34 heavy (non-hydrogen) atoms. The average molecular weight is 461 g/mol. The Morgan fingerprint density at radius 2 is 1.76 bits per heavy atom. The van der Waals surface area contributed by atoms with Gasteiger partial charge < -0.3 is 14.6 Å². The van der Waals surface area contributed by atoms with E-state index in [4.69, 9.17) is 4.74 Å². The van der Waals surface area contributed by atoms with E-state index in [-0.39, 0.29) is 7.43 Å². The molecule has 3 heterocycles. The van der Waals surface area contributed by atoms with E-state index >= 15 is 0 Å². The van der Waals surface area contributed by atoms with Crippen molar-refractivity contribution in [2.45, 2.75) is 71.8 Å². The summed E-state index contributed by atoms with van der Waals surface area (Å²) in [5, 5.41) is 4.96. The number of nitrogens with one attached hydrogen (secondary N) is 1. The number of ether oxygens (including phenoxy) is 1. The molecule has 0 radical (unpaired) electrons. The summed E-state index contributed by atoms with van der Waals surface area (Å²) in [4.78, 5) is 0. The van der Waals surface area contributed by atoms with Crippen molar-refractivity contribution in [2.75, 3.05) is 26.3 Å². The maximum absolute atomic E-state index is 5.62. The number of hydrogen-bond donors (Lipinski definition) is 1. The van der Waals surface area contributed by atoms with Crippen LogP contribution in [0, 0.1) is 18.8 Å². The molecule has 1 aromatic heterocycles. The number of para-hydroxylation sites is 1. The second-order valence-electron chi connectivity index (χ2n) is 10.4. The molecular weight excluding hydrogens is 416 g/mol. The lowest BCUT2D eigenvalue weighted by Gasteiger charge is -2.24. The summed E-state index contributed by atoms with van der Waals surface area (Å²) < 4.78 is 8.17. The lowest BCUT2D eigenvalue weighted by molar-refractivity contribution is 0.0616. The van der Waals surface area contributed by atoms with Gasteiger partial charge in [0.15, 0.2) is 0 Å². The van der Waals surface area contributed by atoms with Crippen LogP contribution in [0.25, 0.3) is 10.9 Å². The molecule has 2 aliphatic heterocycles. The minimum Gasteiger partial charge on any atom is -0.381 e. The molecule has 0 saturated carbocycles. The van der Waals surface area contributed by atoms with Crippen LogP contribution in [-0.2, 0) is 11.3 Å². The molecule has 1 N–H and O–H groups in total. The Hall–Kier alpha value is -2.10. The van der Waals surface area contributed by atoms with Crippen molar-refractivity contribution in [1.29, 1.82) is 0 Å². The third kappa shape index (κ3) is 5.93. The first-order valence-electron chi connectivity index (χ1n) is 13.2. The van der Waals surface area contributed by atoms with Crippen molar-refractivity contribution in [3.8, 4) is 0 Å². The molecule has 2 aliphatic rings. The lowest BCUT2D eigenvalue weighted by atomic mass is 9.84. The van der Waals surface area contributed by atoms with E-state index in [9.17, 15) is 0 Å². The highest BCUT2D eigenvalue weighted by molar-refractivity contribution is 5.85. The molecule has 2 fully saturated rings. The summed E-state index contributed by atoms with van der Waals surface area (Å²) in [7, 11) is 0. The Kier molecular flexibility index (Phi) is 8.86. The van der Waals surface area contributed by atoms with E-state index in [0.717, 1.165) is 31.6 Å². The van der Waals surface area contributed by atoms with Crippen LogP contribution in [-0.4, -0.2) is 30.9 Å². The molecular formula is C31H44N2O. The van der Waals surface area contributed by atoms with E-state index in [1.54, 1.807) is 0 Å². The number of rotatable bonds is 8. The molecule has 0 bridgehead atoms. The third-order valence-corrected chi connectivity index (χ3v) is 8.00. The number of aromatic nitrogens is 1. The normalized spacial score (nSPS) is 18.6. The SMILES string of the molecule is C.Cc1cccc(C(CCCC2CCNCC2)c2cn(CC3CCOCC3)c3ccccc23)c1. The first-order valence-corrected chi connectivity index (χ1v) is 13.2. The van der Waals surface area contributed by atoms with Gasteiger partial charge in [-0.05, 0) is 81.1 Å². The predicted molar refractivity (Wildman–Crippen MR) is 145 cm³/mol. The Morgan fingerprint density at radius 3 is 2.56 bits per heavy atom. The molecule has 1 unspecified atom stereocenters. The largest absolute Gasteiger partial charge is 0.381 e. The van der Waals surface area contributed by atoms with E-state index in [1.165, 1.54) is 85.6 Å². The standard InChI is InChI=1S/C30H40N2O.CH4/c1-23-6-4-8-26(20-23)27(10-5-7-24-12-16-31-17-13-24)29-22-32(21-25-14-18-33-19-15-25)30-11-3-2-9-28(29)30;/h2-4,6,8-9,11,20,22,24-25,27,31H,5,7,10,12-19,21H2,1H3;1H4. The summed E-state index contributed by atoms with van der Waals surface area (Å²) in [6.45, 7) is 7.57. The maximum atomic E-state index is 5.62. The molecule has 3 aromatic rings. The number of nitrogens with zero attached hydrogens (tertiary/aromatic N) is 1. The Morgan fingerprint density at radius 1 is 0.971 bits per heavy atom. The minimum absolute atomic E-state index is 0. The fourth-order valence-corrected chi connectivity index (χ4v) is 6.08. The average Bonchev–Trinajstić information content (AvgIpc) is 3.21. The van der Waals surface area contributed by atoms with E-state index in [1.807, 2.05) is 0 Å². The zero-order chi connectivity index (χ0) is 22.5. The van der Waals surface area contributed by atoms with Crippen LogP contribution in [0.1, 0.15) is 75.0 Å². The summed E-state index contributed by atoms with van der Waals surface area (Å²) in [5.74, 6) is 2.09. The Bertz CT molecular complexity index is 1030. The van der Waals surface area contributed by atoms with Gasteiger partial charge in [0.05, 0.1) is 0 Å². The number of benzene rings is 2. The Labute approximate surface area is 206 Å². The zero-order valence-electron chi connectivity index (χ0n) is 20.3. The van der Waals surface area contributed by atoms with Gasteiger partial charge in [0.25, 0.3) is 0 Å². The fraction of sp³-hybridized carbons (Fsp3) is 0.548. The van der Waals surface area contributed by atoms with Crippen molar-refractivity contribution in [3.05, 3.63) is 71.4 Å². The molecule has 2 saturated heterocycles. The summed E-state index contributed by atoms with van der Waals surface area (Å²) >= 11 is 0. The van der Waals surface area contributed by atoms with Crippen LogP contribution < -0.4 is 5.32 Å². The fourth-order valence-electron chi connectivity index (χ4n) is 6.08. The molecule has 3 heteroatoms. The second kappa shape index (κ2) is 12.0. The second-order valence-corrected chi connectivity index (χ2v) is 10.4. The van der Waals surface area contributed by atoms with Crippen molar-refractivity contribution in [2.24, 2.45) is 11.8 Å². The van der Waals surface area contributed by atoms with E-state index < -0.39 is 0 Å². The van der Waals surface area contributed by atoms with Gasteiger partial charge in [0.2, 0.25) is 0 Å². The van der Waals surface area contributed by atoms with Gasteiger partial charge in [0, 0.05) is 42.8 Å². The number of fused-ring (bicyclic) bond motifs is 1. The Balaban J connectivity index is 0.00000274. The molecule has 0 amide bonds. The highest BCUT2D eigenvalue weighted by Crippen LogP contribution is 2.37. The van der Waals surface area contributed by atoms with Gasteiger partial charge in [-0.3, -0.25) is 0 Å². The molecule has 2 aromatic carbocycles. The van der Waals surface area contributed by atoms with Crippen molar-refractivity contribution < 1.29 is 4.74 Å². The van der Waals surface area contributed by atoms with Gasteiger partial charge in [-0.2, -0.15) is 0 Å². The van der Waals surface area contributed by atoms with Crippen molar-refractivity contribution >= 4 is 10.9 Å². The summed E-state index contributed by atoms with van der Waals surface area (Å²) in [6, 6.07) is 18.3. The van der Waals surface area contributed by atoms with Gasteiger partial charge >= 0.3 is 0 Å². The van der Waals surface area contributed by atoms with Crippen molar-refractivity contribution in [3.63, 3.8) is 0 Å². The number of aryl methyl sites for hydroxylation is 1. The first kappa shape index (κ1) is 25.0.